The second kappa shape index (κ2) is 19.8. The number of hydrogen-bond acceptors (Lipinski definition) is 7. The Kier molecular flexibility index (Phi) is 15.9. The maximum absolute atomic E-state index is 12.7. The first-order chi connectivity index (χ1) is 23.1. The number of benzene rings is 1. The first-order valence-electron chi connectivity index (χ1n) is 17.8. The molecule has 1 aliphatic heterocycles. The molecule has 2 N–H and O–H groups in total. The van der Waals surface area contributed by atoms with Crippen molar-refractivity contribution in [2.24, 2.45) is 16.6 Å². The van der Waals surface area contributed by atoms with Crippen LogP contribution in [0.2, 0.25) is 0 Å². The second-order valence-electron chi connectivity index (χ2n) is 13.5. The molecule has 2 heterocycles. The van der Waals surface area contributed by atoms with Crippen molar-refractivity contribution in [3.05, 3.63) is 59.4 Å². The van der Waals surface area contributed by atoms with Crippen LogP contribution in [0.5, 0.6) is 5.75 Å². The van der Waals surface area contributed by atoms with Crippen LogP contribution in [0.4, 0.5) is 10.6 Å². The average molecular weight is 662 g/mol. The Morgan fingerprint density at radius 2 is 1.67 bits per heavy atom. The van der Waals surface area contributed by atoms with Crippen LogP contribution >= 0.6 is 0 Å². The molecule has 3 fully saturated rings. The minimum Gasteiger partial charge on any atom is -0.496 e. The van der Waals surface area contributed by atoms with Gasteiger partial charge in [0.25, 0.3) is 0 Å². The molecule has 264 valence electrons. The lowest BCUT2D eigenvalue weighted by atomic mass is 9.83. The molecular formula is C39H59N5O4. The molecule has 48 heavy (non-hydrogen) atoms. The quantitative estimate of drug-likeness (QED) is 0.299. The lowest BCUT2D eigenvalue weighted by Gasteiger charge is -2.36. The van der Waals surface area contributed by atoms with Gasteiger partial charge in [-0.05, 0) is 101 Å². The molecule has 0 unspecified atom stereocenters. The summed E-state index contributed by atoms with van der Waals surface area (Å²) < 4.78 is 9.80. The number of methoxy groups -OCH3 is 2. The van der Waals surface area contributed by atoms with Gasteiger partial charge in [0, 0.05) is 55.8 Å². The Bertz CT molecular complexity index is 1360. The van der Waals surface area contributed by atoms with E-state index in [1.807, 2.05) is 32.9 Å². The fourth-order valence-electron chi connectivity index (χ4n) is 6.46. The van der Waals surface area contributed by atoms with Crippen molar-refractivity contribution in [3.63, 3.8) is 0 Å². The monoisotopic (exact) mass is 661 g/mol. The molecule has 3 aliphatic rings. The van der Waals surface area contributed by atoms with Crippen LogP contribution in [0, 0.1) is 12.8 Å². The van der Waals surface area contributed by atoms with Gasteiger partial charge < -0.3 is 20.1 Å². The first kappa shape index (κ1) is 38.6. The van der Waals surface area contributed by atoms with E-state index in [1.165, 1.54) is 63.0 Å². The van der Waals surface area contributed by atoms with Gasteiger partial charge in [0.15, 0.2) is 0 Å². The van der Waals surface area contributed by atoms with Crippen LogP contribution in [-0.2, 0) is 9.53 Å². The Morgan fingerprint density at radius 1 is 1.00 bits per heavy atom. The molecule has 1 atom stereocenters. The molecule has 2 saturated carbocycles. The molecule has 5 rings (SSSR count). The van der Waals surface area contributed by atoms with Crippen LogP contribution in [0.15, 0.2) is 47.7 Å². The van der Waals surface area contributed by atoms with E-state index in [4.69, 9.17) is 10.5 Å². The van der Waals surface area contributed by atoms with Gasteiger partial charge in [-0.25, -0.2) is 9.78 Å². The summed E-state index contributed by atoms with van der Waals surface area (Å²) in [6.07, 6.45) is 18.4. The molecule has 2 aromatic rings. The minimum absolute atomic E-state index is 0.126. The van der Waals surface area contributed by atoms with Gasteiger partial charge in [0.05, 0.1) is 14.2 Å². The molecule has 0 bridgehead atoms. The van der Waals surface area contributed by atoms with E-state index < -0.39 is 0 Å². The third-order valence-electron chi connectivity index (χ3n) is 9.62. The Morgan fingerprint density at radius 3 is 2.17 bits per heavy atom. The second-order valence-corrected chi connectivity index (χ2v) is 13.5. The minimum atomic E-state index is -0.200. The summed E-state index contributed by atoms with van der Waals surface area (Å²) in [4.78, 5) is 35.5. The van der Waals surface area contributed by atoms with Crippen LogP contribution in [0.25, 0.3) is 5.57 Å². The number of hydrogen-bond donors (Lipinski definition) is 1. The standard InChI is InChI=1S/C19H28N4O.C14H20O.C6H11NO2/c1-14(2)22-13-17(12-20)16-9-10-21-18(11-16)23(3)19(24)15-7-5-4-6-8-15;1-11-10-13(8-9-14(11)15-2)12-6-4-3-5-7-12;1-5-3-4-7(5)6(8)9-2/h9-15H,4-8,20H2,1-3H3;8-10,12H,3-7H2,1-2H3;5H,3-4H2,1-2H3/b17-12+,22-13?;;/t;;5-/m..0/s1. The largest absolute Gasteiger partial charge is 0.496 e. The summed E-state index contributed by atoms with van der Waals surface area (Å²) >= 11 is 0. The molecule has 9 heteroatoms. The van der Waals surface area contributed by atoms with Crippen molar-refractivity contribution >= 4 is 29.6 Å². The van der Waals surface area contributed by atoms with Gasteiger partial charge in [0.2, 0.25) is 5.91 Å². The van der Waals surface area contributed by atoms with E-state index in [1.54, 1.807) is 36.4 Å². The van der Waals surface area contributed by atoms with E-state index in [0.29, 0.717) is 11.9 Å². The number of carbonyl (C=O) groups is 2. The summed E-state index contributed by atoms with van der Waals surface area (Å²) in [5, 5.41) is 0. The van der Waals surface area contributed by atoms with Crippen LogP contribution in [0.3, 0.4) is 0 Å². The zero-order valence-electron chi connectivity index (χ0n) is 30.4. The van der Waals surface area contributed by atoms with E-state index >= 15 is 0 Å². The van der Waals surface area contributed by atoms with Crippen molar-refractivity contribution < 1.29 is 19.1 Å². The van der Waals surface area contributed by atoms with Gasteiger partial charge in [-0.1, -0.05) is 50.7 Å². The van der Waals surface area contributed by atoms with E-state index in [-0.39, 0.29) is 24.0 Å². The maximum atomic E-state index is 12.7. The number of amides is 2. The number of anilines is 1. The summed E-state index contributed by atoms with van der Waals surface area (Å²) in [6, 6.07) is 11.0. The van der Waals surface area contributed by atoms with Crippen LogP contribution < -0.4 is 15.4 Å². The normalized spacial score (nSPS) is 18.6. The highest BCUT2D eigenvalue weighted by Gasteiger charge is 2.28. The predicted octanol–water partition coefficient (Wildman–Crippen LogP) is 8.30. The molecule has 1 aromatic carbocycles. The predicted molar refractivity (Wildman–Crippen MR) is 197 cm³/mol. The third-order valence-corrected chi connectivity index (χ3v) is 9.62. The van der Waals surface area contributed by atoms with Gasteiger partial charge >= 0.3 is 6.09 Å². The topological polar surface area (TPSA) is 110 Å². The molecule has 0 radical (unpaired) electrons. The molecule has 1 saturated heterocycles. The lowest BCUT2D eigenvalue weighted by Crippen LogP contribution is -2.49. The Balaban J connectivity index is 0.000000220. The SMILES string of the molecule is CC(C)N=C/C(=C\N)c1ccnc(N(C)C(=O)C2CCCCC2)c1.COC(=O)N1CC[C@@H]1C.COc1ccc(C2CCCCC2)cc1C. The molecule has 2 aliphatic carbocycles. The molecular weight excluding hydrogens is 602 g/mol. The van der Waals surface area contributed by atoms with Gasteiger partial charge in [-0.15, -0.1) is 0 Å². The number of rotatable bonds is 7. The number of pyridine rings is 1. The fraction of sp³-hybridized carbons (Fsp3) is 0.590. The summed E-state index contributed by atoms with van der Waals surface area (Å²) in [5.74, 6) is 2.74. The van der Waals surface area contributed by atoms with Crippen LogP contribution in [0.1, 0.15) is 114 Å². The fourth-order valence-corrected chi connectivity index (χ4v) is 6.46. The Hall–Kier alpha value is -3.88. The highest BCUT2D eigenvalue weighted by Crippen LogP contribution is 2.34. The van der Waals surface area contributed by atoms with Gasteiger partial charge in [0.1, 0.15) is 11.6 Å². The highest BCUT2D eigenvalue weighted by molar-refractivity contribution is 6.10. The van der Waals surface area contributed by atoms with E-state index in [9.17, 15) is 9.59 Å². The van der Waals surface area contributed by atoms with Crippen molar-refractivity contribution in [1.82, 2.24) is 9.88 Å². The van der Waals surface area contributed by atoms with E-state index in [0.717, 1.165) is 61.5 Å². The molecule has 9 nitrogen and oxygen atoms in total. The number of nitrogens with zero attached hydrogens (tertiary/aromatic N) is 4. The summed E-state index contributed by atoms with van der Waals surface area (Å²) in [7, 11) is 4.95. The van der Waals surface area contributed by atoms with Crippen LogP contribution in [-0.4, -0.2) is 68.0 Å². The van der Waals surface area contributed by atoms with Crippen molar-refractivity contribution in [2.75, 3.05) is 32.7 Å². The number of allylic oxidation sites excluding steroid dienone is 1. The molecule has 0 spiro atoms. The molecule has 1 aromatic heterocycles. The van der Waals surface area contributed by atoms with E-state index in [2.05, 4.69) is 39.8 Å². The first-order valence-corrected chi connectivity index (χ1v) is 17.8. The summed E-state index contributed by atoms with van der Waals surface area (Å²) in [6.45, 7) is 9.03. The van der Waals surface area contributed by atoms with Crippen molar-refractivity contribution in [2.45, 2.75) is 116 Å². The smallest absolute Gasteiger partial charge is 0.409 e. The van der Waals surface area contributed by atoms with Crippen molar-refractivity contribution in [3.8, 4) is 5.75 Å². The maximum Gasteiger partial charge on any atom is 0.409 e. The lowest BCUT2D eigenvalue weighted by molar-refractivity contribution is -0.123. The number of carbonyl (C=O) groups excluding carboxylic acids is 2. The summed E-state index contributed by atoms with van der Waals surface area (Å²) in [5.41, 5.74) is 10.2. The number of likely N-dealkylation sites (tertiary alicyclic amines) is 1. The Labute approximate surface area is 289 Å². The number of aliphatic imine (C=N–C) groups is 1. The number of aromatic nitrogens is 1. The number of aryl methyl sites for hydroxylation is 1. The zero-order chi connectivity index (χ0) is 35.1. The zero-order valence-corrected chi connectivity index (χ0v) is 30.4. The van der Waals surface area contributed by atoms with Gasteiger partial charge in [-0.2, -0.15) is 0 Å². The third kappa shape index (κ3) is 11.4. The highest BCUT2D eigenvalue weighted by atomic mass is 16.5. The molecule has 2 amide bonds. The van der Waals surface area contributed by atoms with Crippen molar-refractivity contribution in [1.29, 1.82) is 0 Å². The average Bonchev–Trinajstić information content (AvgIpc) is 3.11. The number of nitrogens with two attached hydrogens (primary N) is 1. The van der Waals surface area contributed by atoms with Gasteiger partial charge in [-0.3, -0.25) is 14.7 Å². The number of ether oxygens (including phenoxy) is 2.